The minimum atomic E-state index is -4.52. The van der Waals surface area contributed by atoms with E-state index in [1.807, 2.05) is 0 Å². The fraction of sp³-hybridized carbons (Fsp3) is 0.312. The lowest BCUT2D eigenvalue weighted by Gasteiger charge is -2.30. The number of carbonyl (C=O) groups is 1. The Morgan fingerprint density at radius 2 is 1.87 bits per heavy atom. The minimum absolute atomic E-state index is 0.0172. The molecule has 0 aromatic heterocycles. The molecular weight excluding hydrogens is 309 g/mol. The number of methoxy groups -OCH3 is 1. The van der Waals surface area contributed by atoms with Crippen LogP contribution in [0.15, 0.2) is 36.4 Å². The van der Waals surface area contributed by atoms with Gasteiger partial charge in [-0.1, -0.05) is 30.3 Å². The van der Waals surface area contributed by atoms with Crippen molar-refractivity contribution in [2.75, 3.05) is 13.7 Å². The lowest BCUT2D eigenvalue weighted by molar-refractivity contribution is -0.190. The summed E-state index contributed by atoms with van der Waals surface area (Å²) < 4.78 is 46.2. The van der Waals surface area contributed by atoms with Crippen LogP contribution < -0.4 is 10.2 Å². The first-order valence-corrected chi connectivity index (χ1v) is 7.10. The number of carbonyl (C=O) groups excluding carboxylic acids is 1. The maximum absolute atomic E-state index is 13.7. The summed E-state index contributed by atoms with van der Waals surface area (Å²) in [5, 5.41) is 2.01. The van der Waals surface area contributed by atoms with Gasteiger partial charge in [0, 0.05) is 18.4 Å². The molecule has 23 heavy (non-hydrogen) atoms. The van der Waals surface area contributed by atoms with Crippen molar-refractivity contribution in [3.05, 3.63) is 42.0 Å². The fourth-order valence-corrected chi connectivity index (χ4v) is 2.92. The van der Waals surface area contributed by atoms with Crippen molar-refractivity contribution in [2.24, 2.45) is 0 Å². The number of amides is 1. The molecule has 0 bridgehead atoms. The highest BCUT2D eigenvalue weighted by Crippen LogP contribution is 2.42. The molecule has 122 valence electrons. The monoisotopic (exact) mass is 324 g/mol. The van der Waals surface area contributed by atoms with Crippen LogP contribution in [0, 0.1) is 0 Å². The van der Waals surface area contributed by atoms with Gasteiger partial charge < -0.3 is 4.74 Å². The van der Waals surface area contributed by atoms with Crippen LogP contribution in [0.25, 0.3) is 10.8 Å². The molecule has 1 saturated heterocycles. The number of halogens is 3. The number of hydrogen-bond acceptors (Lipinski definition) is 3. The van der Waals surface area contributed by atoms with E-state index in [-0.39, 0.29) is 18.5 Å². The number of fused-ring (bicyclic) bond motifs is 1. The Morgan fingerprint density at radius 3 is 2.43 bits per heavy atom. The van der Waals surface area contributed by atoms with E-state index >= 15 is 0 Å². The quantitative estimate of drug-likeness (QED) is 0.943. The molecule has 1 atom stereocenters. The maximum atomic E-state index is 13.7. The van der Waals surface area contributed by atoms with Crippen molar-refractivity contribution in [2.45, 2.75) is 18.6 Å². The topological polar surface area (TPSA) is 41.6 Å². The molecule has 0 saturated carbocycles. The summed E-state index contributed by atoms with van der Waals surface area (Å²) in [4.78, 5) is 11.3. The molecule has 0 spiro atoms. The molecule has 2 aromatic carbocycles. The number of hydrazine groups is 1. The third-order valence-electron chi connectivity index (χ3n) is 3.90. The standard InChI is InChI=1S/C16H15F3N2O2/c1-23-13-7-6-12(10-4-2-3-5-11(10)13)15(16(17,18)19)21-9-8-14(22)20-21/h2-7,15H,8-9H2,1H3,(H,20,22)/t15-/m0/s1. The van der Waals surface area contributed by atoms with Gasteiger partial charge in [0.2, 0.25) is 5.91 Å². The number of alkyl halides is 3. The smallest absolute Gasteiger partial charge is 0.409 e. The molecule has 0 unspecified atom stereocenters. The third-order valence-corrected chi connectivity index (χ3v) is 3.90. The van der Waals surface area contributed by atoms with Gasteiger partial charge in [-0.2, -0.15) is 13.2 Å². The summed E-state index contributed by atoms with van der Waals surface area (Å²) in [5.41, 5.74) is 2.39. The van der Waals surface area contributed by atoms with Gasteiger partial charge in [0.1, 0.15) is 5.75 Å². The predicted molar refractivity (Wildman–Crippen MR) is 78.8 cm³/mol. The Labute approximate surface area is 130 Å². The van der Waals surface area contributed by atoms with Crippen molar-refractivity contribution >= 4 is 16.7 Å². The van der Waals surface area contributed by atoms with E-state index in [1.165, 1.54) is 19.2 Å². The number of nitrogens with one attached hydrogen (secondary N) is 1. The van der Waals surface area contributed by atoms with Gasteiger partial charge in [-0.05, 0) is 17.0 Å². The fourth-order valence-electron chi connectivity index (χ4n) is 2.92. The van der Waals surface area contributed by atoms with E-state index in [1.54, 1.807) is 24.3 Å². The van der Waals surface area contributed by atoms with Crippen LogP contribution in [0.5, 0.6) is 5.75 Å². The zero-order valence-corrected chi connectivity index (χ0v) is 12.4. The molecule has 1 aliphatic heterocycles. The van der Waals surface area contributed by atoms with E-state index < -0.39 is 18.1 Å². The van der Waals surface area contributed by atoms with Gasteiger partial charge in [0.15, 0.2) is 6.04 Å². The summed E-state index contributed by atoms with van der Waals surface area (Å²) in [6, 6.07) is 7.80. The summed E-state index contributed by atoms with van der Waals surface area (Å²) in [7, 11) is 1.48. The molecule has 1 fully saturated rings. The van der Waals surface area contributed by atoms with Crippen molar-refractivity contribution in [1.29, 1.82) is 0 Å². The van der Waals surface area contributed by atoms with E-state index in [2.05, 4.69) is 5.43 Å². The molecule has 3 rings (SSSR count). The minimum Gasteiger partial charge on any atom is -0.496 e. The Morgan fingerprint density at radius 1 is 1.17 bits per heavy atom. The van der Waals surface area contributed by atoms with E-state index in [4.69, 9.17) is 4.74 Å². The Hall–Kier alpha value is -2.28. The number of nitrogens with zero attached hydrogens (tertiary/aromatic N) is 1. The molecule has 0 aliphatic carbocycles. The second-order valence-corrected chi connectivity index (χ2v) is 5.33. The van der Waals surface area contributed by atoms with Crippen molar-refractivity contribution in [3.8, 4) is 5.75 Å². The number of hydrogen-bond donors (Lipinski definition) is 1. The second-order valence-electron chi connectivity index (χ2n) is 5.33. The van der Waals surface area contributed by atoms with Gasteiger partial charge in [-0.3, -0.25) is 10.2 Å². The molecular formula is C16H15F3N2O2. The van der Waals surface area contributed by atoms with Gasteiger partial charge in [-0.15, -0.1) is 0 Å². The highest BCUT2D eigenvalue weighted by atomic mass is 19.4. The first kappa shape index (κ1) is 15.6. The highest BCUT2D eigenvalue weighted by Gasteiger charge is 2.47. The van der Waals surface area contributed by atoms with Gasteiger partial charge in [-0.25, -0.2) is 5.01 Å². The Bertz CT molecular complexity index is 746. The normalized spacial score (nSPS) is 17.3. The average molecular weight is 324 g/mol. The molecule has 0 radical (unpaired) electrons. The van der Waals surface area contributed by atoms with Gasteiger partial charge in [0.25, 0.3) is 0 Å². The van der Waals surface area contributed by atoms with E-state index in [0.717, 1.165) is 5.01 Å². The first-order valence-electron chi connectivity index (χ1n) is 7.10. The van der Waals surface area contributed by atoms with Crippen LogP contribution in [-0.2, 0) is 4.79 Å². The summed E-state index contributed by atoms with van der Waals surface area (Å²) in [5.74, 6) is 0.104. The lowest BCUT2D eigenvalue weighted by Crippen LogP contribution is -2.43. The molecule has 7 heteroatoms. The second kappa shape index (κ2) is 5.73. The largest absolute Gasteiger partial charge is 0.496 e. The van der Waals surface area contributed by atoms with Crippen LogP contribution in [0.3, 0.4) is 0 Å². The molecule has 1 amide bonds. The highest BCUT2D eigenvalue weighted by molar-refractivity contribution is 5.91. The van der Waals surface area contributed by atoms with E-state index in [9.17, 15) is 18.0 Å². The van der Waals surface area contributed by atoms with Crippen LogP contribution in [0.2, 0.25) is 0 Å². The Kier molecular flexibility index (Phi) is 3.89. The number of benzene rings is 2. The summed E-state index contributed by atoms with van der Waals surface area (Å²) >= 11 is 0. The van der Waals surface area contributed by atoms with Crippen molar-refractivity contribution in [1.82, 2.24) is 10.4 Å². The SMILES string of the molecule is COc1ccc([C@H](N2CCC(=O)N2)C(F)(F)F)c2ccccc12. The summed E-state index contributed by atoms with van der Waals surface area (Å²) in [6.07, 6.45) is -4.46. The summed E-state index contributed by atoms with van der Waals surface area (Å²) in [6.45, 7) is 0.0172. The van der Waals surface area contributed by atoms with Crippen LogP contribution in [0.1, 0.15) is 18.0 Å². The van der Waals surface area contributed by atoms with Crippen LogP contribution in [0.4, 0.5) is 13.2 Å². The third kappa shape index (κ3) is 2.84. The molecule has 1 heterocycles. The number of ether oxygens (including phenoxy) is 1. The van der Waals surface area contributed by atoms with Gasteiger partial charge >= 0.3 is 6.18 Å². The molecule has 1 aliphatic rings. The van der Waals surface area contributed by atoms with Gasteiger partial charge in [0.05, 0.1) is 7.11 Å². The molecule has 2 aromatic rings. The van der Waals surface area contributed by atoms with Crippen molar-refractivity contribution < 1.29 is 22.7 Å². The molecule has 4 nitrogen and oxygen atoms in total. The lowest BCUT2D eigenvalue weighted by atomic mass is 9.97. The zero-order chi connectivity index (χ0) is 16.6. The van der Waals surface area contributed by atoms with E-state index in [0.29, 0.717) is 16.5 Å². The Balaban J connectivity index is 2.17. The average Bonchev–Trinajstić information content (AvgIpc) is 2.92. The first-order chi connectivity index (χ1) is 10.9. The number of rotatable bonds is 3. The maximum Gasteiger partial charge on any atom is 0.409 e. The van der Waals surface area contributed by atoms with Crippen LogP contribution >= 0.6 is 0 Å². The van der Waals surface area contributed by atoms with Crippen molar-refractivity contribution in [3.63, 3.8) is 0 Å². The molecule has 1 N–H and O–H groups in total. The van der Waals surface area contributed by atoms with Crippen LogP contribution in [-0.4, -0.2) is 30.7 Å². The predicted octanol–water partition coefficient (Wildman–Crippen LogP) is 3.19. The zero-order valence-electron chi connectivity index (χ0n) is 12.4.